The van der Waals surface area contributed by atoms with Crippen molar-refractivity contribution in [2.75, 3.05) is 19.8 Å². The zero-order valence-electron chi connectivity index (χ0n) is 43.8. The SMILES string of the molecule is CCCCCCCCCCCCCCCCCCCCCCCCCCCCCCC(O)C(COC1OC(CO)C(OC2OC(CO)C(O)C(O)C2O)C(O)C1O)NC(=O)CCCCCCCCC. The second-order valence-electron chi connectivity index (χ2n) is 20.8. The van der Waals surface area contributed by atoms with Crippen molar-refractivity contribution in [1.82, 2.24) is 5.32 Å². The molecule has 0 bridgehead atoms. The van der Waals surface area contributed by atoms with E-state index in [1.54, 1.807) is 0 Å². The summed E-state index contributed by atoms with van der Waals surface area (Å²) in [7, 11) is 0. The van der Waals surface area contributed by atoms with Gasteiger partial charge in [-0.2, -0.15) is 0 Å². The first kappa shape index (κ1) is 64.1. The molecule has 0 radical (unpaired) electrons. The molecule has 14 heteroatoms. The van der Waals surface area contributed by atoms with Crippen LogP contribution in [0.25, 0.3) is 0 Å². The molecule has 0 spiro atoms. The molecule has 0 aromatic rings. The highest BCUT2D eigenvalue weighted by Gasteiger charge is 2.51. The lowest BCUT2D eigenvalue weighted by Crippen LogP contribution is -2.65. The molecule has 2 heterocycles. The maximum Gasteiger partial charge on any atom is 0.220 e. The predicted molar refractivity (Wildman–Crippen MR) is 272 cm³/mol. The Morgan fingerprint density at radius 3 is 1.23 bits per heavy atom. The summed E-state index contributed by atoms with van der Waals surface area (Å²) in [6, 6.07) is -0.820. The lowest BCUT2D eigenvalue weighted by Gasteiger charge is -2.46. The van der Waals surface area contributed by atoms with Gasteiger partial charge in [0.05, 0.1) is 32.0 Å². The molecule has 0 aliphatic carbocycles. The first-order valence-corrected chi connectivity index (χ1v) is 28.8. The largest absolute Gasteiger partial charge is 0.394 e. The van der Waals surface area contributed by atoms with E-state index in [-0.39, 0.29) is 12.5 Å². The van der Waals surface area contributed by atoms with E-state index in [1.807, 2.05) is 0 Å². The summed E-state index contributed by atoms with van der Waals surface area (Å²) in [4.78, 5) is 13.1. The van der Waals surface area contributed by atoms with Crippen molar-refractivity contribution in [3.05, 3.63) is 0 Å². The monoisotopic (exact) mass is 990 g/mol. The van der Waals surface area contributed by atoms with Crippen molar-refractivity contribution in [3.63, 3.8) is 0 Å². The number of unbranched alkanes of at least 4 members (excludes halogenated alkanes) is 33. The molecule has 12 atom stereocenters. The number of rotatable bonds is 46. The van der Waals surface area contributed by atoms with Gasteiger partial charge in [-0.05, 0) is 12.8 Å². The summed E-state index contributed by atoms with van der Waals surface area (Å²) in [5.41, 5.74) is 0. The number of carbonyl (C=O) groups excluding carboxylic acids is 1. The van der Waals surface area contributed by atoms with Crippen LogP contribution in [0.5, 0.6) is 0 Å². The Morgan fingerprint density at radius 1 is 0.464 bits per heavy atom. The van der Waals surface area contributed by atoms with Gasteiger partial charge < -0.3 is 65.1 Å². The standard InChI is InChI=1S/C55H107NO13/c1-3-5-7-9-11-12-13-14-15-16-17-18-19-20-21-22-23-24-25-26-27-28-29-30-31-33-34-36-38-44(59)43(56-47(60)39-37-35-32-10-8-6-4-2)42-66-54-52(65)50(63)53(46(41-58)68-54)69-55-51(64)49(62)48(61)45(40-57)67-55/h43-46,48-55,57-59,61-65H,3-42H2,1-2H3,(H,56,60). The van der Waals surface area contributed by atoms with Crippen LogP contribution in [0.1, 0.15) is 251 Å². The second kappa shape index (κ2) is 42.4. The van der Waals surface area contributed by atoms with Gasteiger partial charge in [-0.1, -0.05) is 232 Å². The zero-order valence-corrected chi connectivity index (χ0v) is 43.8. The molecule has 14 nitrogen and oxygen atoms in total. The van der Waals surface area contributed by atoms with E-state index in [0.717, 1.165) is 51.4 Å². The predicted octanol–water partition coefficient (Wildman–Crippen LogP) is 8.95. The number of hydrogen-bond acceptors (Lipinski definition) is 13. The van der Waals surface area contributed by atoms with E-state index in [9.17, 15) is 45.6 Å². The second-order valence-corrected chi connectivity index (χ2v) is 20.8. The number of hydrogen-bond donors (Lipinski definition) is 9. The quantitative estimate of drug-likeness (QED) is 0.0260. The normalized spacial score (nSPS) is 26.1. The minimum absolute atomic E-state index is 0.210. The van der Waals surface area contributed by atoms with Gasteiger partial charge in [0, 0.05) is 6.42 Å². The Kier molecular flexibility index (Phi) is 39.4. The topological polar surface area (TPSA) is 228 Å². The third kappa shape index (κ3) is 28.9. The Labute approximate surface area is 419 Å². The molecule has 0 saturated carbocycles. The van der Waals surface area contributed by atoms with Crippen molar-refractivity contribution in [2.45, 2.75) is 325 Å². The smallest absolute Gasteiger partial charge is 0.220 e. The lowest BCUT2D eigenvalue weighted by atomic mass is 9.97. The van der Waals surface area contributed by atoms with E-state index >= 15 is 0 Å². The Balaban J connectivity index is 1.63. The van der Waals surface area contributed by atoms with Crippen molar-refractivity contribution in [2.24, 2.45) is 0 Å². The van der Waals surface area contributed by atoms with Crippen LogP contribution in [0.3, 0.4) is 0 Å². The van der Waals surface area contributed by atoms with Crippen LogP contribution < -0.4 is 5.32 Å². The average Bonchev–Trinajstić information content (AvgIpc) is 3.35. The van der Waals surface area contributed by atoms with Crippen LogP contribution in [0.4, 0.5) is 0 Å². The first-order valence-electron chi connectivity index (χ1n) is 28.8. The number of carbonyl (C=O) groups is 1. The van der Waals surface area contributed by atoms with Gasteiger partial charge in [0.15, 0.2) is 12.6 Å². The highest BCUT2D eigenvalue weighted by molar-refractivity contribution is 5.76. The molecule has 12 unspecified atom stereocenters. The zero-order chi connectivity index (χ0) is 50.3. The van der Waals surface area contributed by atoms with Crippen LogP contribution in [-0.4, -0.2) is 140 Å². The van der Waals surface area contributed by atoms with Crippen LogP contribution >= 0.6 is 0 Å². The Hall–Kier alpha value is -1.01. The van der Waals surface area contributed by atoms with E-state index < -0.39 is 86.8 Å². The highest BCUT2D eigenvalue weighted by atomic mass is 16.7. The Bertz CT molecular complexity index is 1170. The van der Waals surface area contributed by atoms with Crippen molar-refractivity contribution in [1.29, 1.82) is 0 Å². The van der Waals surface area contributed by atoms with E-state index in [1.165, 1.54) is 173 Å². The molecular weight excluding hydrogens is 883 g/mol. The van der Waals surface area contributed by atoms with Crippen molar-refractivity contribution < 1.29 is 64.6 Å². The minimum Gasteiger partial charge on any atom is -0.394 e. The maximum absolute atomic E-state index is 13.1. The van der Waals surface area contributed by atoms with Gasteiger partial charge >= 0.3 is 0 Å². The third-order valence-corrected chi connectivity index (χ3v) is 14.6. The maximum atomic E-state index is 13.1. The summed E-state index contributed by atoms with van der Waals surface area (Å²) < 4.78 is 22.7. The van der Waals surface area contributed by atoms with Gasteiger partial charge in [-0.3, -0.25) is 4.79 Å². The van der Waals surface area contributed by atoms with Gasteiger partial charge in [0.25, 0.3) is 0 Å². The van der Waals surface area contributed by atoms with E-state index in [4.69, 9.17) is 18.9 Å². The molecule has 0 aromatic carbocycles. The fourth-order valence-corrected chi connectivity index (χ4v) is 9.89. The van der Waals surface area contributed by atoms with E-state index in [0.29, 0.717) is 12.8 Å². The summed E-state index contributed by atoms with van der Waals surface area (Å²) in [6.07, 6.45) is 28.7. The Morgan fingerprint density at radius 2 is 0.826 bits per heavy atom. The molecule has 9 N–H and O–H groups in total. The van der Waals surface area contributed by atoms with Crippen LogP contribution in [-0.2, 0) is 23.7 Å². The third-order valence-electron chi connectivity index (χ3n) is 14.6. The summed E-state index contributed by atoms with van der Waals surface area (Å²) in [5, 5.41) is 86.8. The van der Waals surface area contributed by atoms with Crippen LogP contribution in [0.15, 0.2) is 0 Å². The molecule has 0 aromatic heterocycles. The lowest BCUT2D eigenvalue weighted by molar-refractivity contribution is -0.359. The minimum atomic E-state index is -1.78. The molecule has 2 rings (SSSR count). The molecule has 410 valence electrons. The number of nitrogens with one attached hydrogen (secondary N) is 1. The average molecular weight is 990 g/mol. The molecule has 69 heavy (non-hydrogen) atoms. The molecular formula is C55H107NO13. The number of amides is 1. The van der Waals surface area contributed by atoms with Gasteiger partial charge in [-0.15, -0.1) is 0 Å². The molecule has 2 fully saturated rings. The summed E-state index contributed by atoms with van der Waals surface area (Å²) >= 11 is 0. The summed E-state index contributed by atoms with van der Waals surface area (Å²) in [6.45, 7) is 2.83. The number of aliphatic hydroxyl groups excluding tert-OH is 8. The summed E-state index contributed by atoms with van der Waals surface area (Å²) in [5.74, 6) is -0.210. The molecule has 2 aliphatic rings. The van der Waals surface area contributed by atoms with Gasteiger partial charge in [0.2, 0.25) is 5.91 Å². The fraction of sp³-hybridized carbons (Fsp3) is 0.982. The van der Waals surface area contributed by atoms with Gasteiger partial charge in [0.1, 0.15) is 48.8 Å². The fourth-order valence-electron chi connectivity index (χ4n) is 9.89. The number of aliphatic hydroxyl groups is 8. The van der Waals surface area contributed by atoms with Gasteiger partial charge in [-0.25, -0.2) is 0 Å². The van der Waals surface area contributed by atoms with Crippen LogP contribution in [0.2, 0.25) is 0 Å². The molecule has 2 aliphatic heterocycles. The van der Waals surface area contributed by atoms with E-state index in [2.05, 4.69) is 19.2 Å². The van der Waals surface area contributed by atoms with Crippen molar-refractivity contribution >= 4 is 5.91 Å². The first-order chi connectivity index (χ1) is 33.6. The number of ether oxygens (including phenoxy) is 4. The highest BCUT2D eigenvalue weighted by Crippen LogP contribution is 2.30. The molecule has 1 amide bonds. The molecule has 2 saturated heterocycles. The van der Waals surface area contributed by atoms with Crippen LogP contribution in [0, 0.1) is 0 Å². The van der Waals surface area contributed by atoms with Crippen molar-refractivity contribution in [3.8, 4) is 0 Å².